The molecule has 1 aliphatic heterocycles. The summed E-state index contributed by atoms with van der Waals surface area (Å²) >= 11 is 0. The lowest BCUT2D eigenvalue weighted by molar-refractivity contribution is -0.138. The number of hydrogen-bond donors (Lipinski definition) is 1. The van der Waals surface area contributed by atoms with E-state index in [1.54, 1.807) is 7.11 Å². The molecule has 1 amide bonds. The van der Waals surface area contributed by atoms with E-state index in [1.807, 2.05) is 7.05 Å². The molecule has 2 fully saturated rings. The molecular weight excluding hydrogens is 324 g/mol. The number of ether oxygens (including phenoxy) is 1. The van der Waals surface area contributed by atoms with Crippen molar-refractivity contribution in [2.45, 2.75) is 57.3 Å². The number of amides is 1. The van der Waals surface area contributed by atoms with Crippen molar-refractivity contribution in [3.8, 4) is 5.75 Å². The zero-order valence-electron chi connectivity index (χ0n) is 16.6. The average Bonchev–Trinajstić information content (AvgIpc) is 3.17. The van der Waals surface area contributed by atoms with Gasteiger partial charge in [0.15, 0.2) is 0 Å². The maximum absolute atomic E-state index is 13.6. The summed E-state index contributed by atoms with van der Waals surface area (Å²) in [6.45, 7) is 4.96. The largest absolute Gasteiger partial charge is 0.496 e. The molecule has 2 aliphatic rings. The van der Waals surface area contributed by atoms with E-state index in [9.17, 15) is 4.79 Å². The third-order valence-electron chi connectivity index (χ3n) is 6.53. The Morgan fingerprint density at radius 2 is 1.96 bits per heavy atom. The van der Waals surface area contributed by atoms with Crippen LogP contribution in [0.1, 0.15) is 56.1 Å². The highest BCUT2D eigenvalue weighted by Crippen LogP contribution is 2.44. The lowest BCUT2D eigenvalue weighted by Gasteiger charge is -2.39. The van der Waals surface area contributed by atoms with Crippen LogP contribution in [-0.4, -0.2) is 44.6 Å². The maximum atomic E-state index is 13.6. The van der Waals surface area contributed by atoms with Crippen molar-refractivity contribution >= 4 is 5.91 Å². The van der Waals surface area contributed by atoms with Crippen molar-refractivity contribution in [3.63, 3.8) is 0 Å². The maximum Gasteiger partial charge on any atom is 0.233 e. The molecule has 26 heavy (non-hydrogen) atoms. The van der Waals surface area contributed by atoms with Gasteiger partial charge in [0.05, 0.1) is 12.5 Å². The van der Waals surface area contributed by atoms with Gasteiger partial charge in [-0.25, -0.2) is 0 Å². The van der Waals surface area contributed by atoms with Crippen molar-refractivity contribution in [2.75, 3.05) is 33.8 Å². The molecule has 4 nitrogen and oxygen atoms in total. The molecule has 1 N–H and O–H groups in total. The number of hydrogen-bond acceptors (Lipinski definition) is 3. The second-order valence-corrected chi connectivity index (χ2v) is 8.10. The van der Waals surface area contributed by atoms with Crippen LogP contribution in [0.2, 0.25) is 0 Å². The Balaban J connectivity index is 1.77. The van der Waals surface area contributed by atoms with Gasteiger partial charge in [0.2, 0.25) is 5.91 Å². The summed E-state index contributed by atoms with van der Waals surface area (Å²) in [6, 6.07) is 6.37. The van der Waals surface area contributed by atoms with E-state index in [4.69, 9.17) is 4.74 Å². The first kappa shape index (κ1) is 19.2. The van der Waals surface area contributed by atoms with Gasteiger partial charge in [-0.3, -0.25) is 4.79 Å². The molecule has 3 rings (SSSR count). The number of rotatable bonds is 6. The summed E-state index contributed by atoms with van der Waals surface area (Å²) in [5.74, 6) is 2.01. The fourth-order valence-corrected chi connectivity index (χ4v) is 4.80. The van der Waals surface area contributed by atoms with E-state index in [2.05, 4.69) is 35.3 Å². The second kappa shape index (κ2) is 8.43. The van der Waals surface area contributed by atoms with Crippen LogP contribution in [0.4, 0.5) is 0 Å². The molecule has 1 saturated carbocycles. The van der Waals surface area contributed by atoms with E-state index < -0.39 is 0 Å². The van der Waals surface area contributed by atoms with E-state index in [0.717, 1.165) is 81.0 Å². The second-order valence-electron chi connectivity index (χ2n) is 8.10. The lowest BCUT2D eigenvalue weighted by Crippen LogP contribution is -2.48. The number of carbonyl (C=O) groups is 1. The minimum atomic E-state index is -0.335. The van der Waals surface area contributed by atoms with Crippen LogP contribution in [0, 0.1) is 12.8 Å². The molecule has 0 bridgehead atoms. The minimum Gasteiger partial charge on any atom is -0.496 e. The van der Waals surface area contributed by atoms with Crippen LogP contribution in [0.5, 0.6) is 5.75 Å². The Morgan fingerprint density at radius 1 is 1.27 bits per heavy atom. The number of likely N-dealkylation sites (tertiary alicyclic amines) is 1. The monoisotopic (exact) mass is 358 g/mol. The van der Waals surface area contributed by atoms with Crippen molar-refractivity contribution in [1.82, 2.24) is 10.2 Å². The summed E-state index contributed by atoms with van der Waals surface area (Å²) in [7, 11) is 3.73. The molecule has 0 radical (unpaired) electrons. The molecule has 0 unspecified atom stereocenters. The Bertz CT molecular complexity index is 615. The summed E-state index contributed by atoms with van der Waals surface area (Å²) in [4.78, 5) is 15.7. The van der Waals surface area contributed by atoms with Crippen LogP contribution in [0.3, 0.4) is 0 Å². The minimum absolute atomic E-state index is 0.335. The van der Waals surface area contributed by atoms with Crippen LogP contribution in [0.15, 0.2) is 18.2 Å². The zero-order chi connectivity index (χ0) is 18.6. The van der Waals surface area contributed by atoms with E-state index in [0.29, 0.717) is 5.91 Å². The highest BCUT2D eigenvalue weighted by atomic mass is 16.5. The van der Waals surface area contributed by atoms with Crippen LogP contribution in [0.25, 0.3) is 0 Å². The van der Waals surface area contributed by atoms with Gasteiger partial charge in [0.1, 0.15) is 5.75 Å². The number of carbonyl (C=O) groups excluding carboxylic acids is 1. The van der Waals surface area contributed by atoms with Crippen LogP contribution in [-0.2, 0) is 10.2 Å². The van der Waals surface area contributed by atoms with Gasteiger partial charge in [-0.1, -0.05) is 25.0 Å². The van der Waals surface area contributed by atoms with Gasteiger partial charge in [-0.2, -0.15) is 0 Å². The third kappa shape index (κ3) is 3.75. The molecule has 1 aliphatic carbocycles. The number of benzene rings is 1. The third-order valence-corrected chi connectivity index (χ3v) is 6.53. The first-order chi connectivity index (χ1) is 12.6. The highest BCUT2D eigenvalue weighted by molar-refractivity contribution is 5.89. The molecule has 0 aromatic heterocycles. The van der Waals surface area contributed by atoms with Crippen LogP contribution >= 0.6 is 0 Å². The van der Waals surface area contributed by atoms with Gasteiger partial charge in [-0.15, -0.1) is 0 Å². The molecule has 1 saturated heterocycles. The predicted molar refractivity (Wildman–Crippen MR) is 106 cm³/mol. The van der Waals surface area contributed by atoms with Gasteiger partial charge in [0, 0.05) is 13.1 Å². The average molecular weight is 359 g/mol. The van der Waals surface area contributed by atoms with Crippen LogP contribution < -0.4 is 10.1 Å². The molecule has 1 aromatic carbocycles. The van der Waals surface area contributed by atoms with E-state index in [-0.39, 0.29) is 5.41 Å². The summed E-state index contributed by atoms with van der Waals surface area (Å²) in [5.41, 5.74) is 1.95. The number of aryl methyl sites for hydroxylation is 1. The topological polar surface area (TPSA) is 41.6 Å². The molecule has 4 heteroatoms. The molecule has 0 spiro atoms. The Hall–Kier alpha value is -1.55. The molecule has 1 heterocycles. The molecule has 0 atom stereocenters. The van der Waals surface area contributed by atoms with Gasteiger partial charge >= 0.3 is 0 Å². The number of nitrogens with one attached hydrogen (secondary N) is 1. The molecule has 1 aromatic rings. The number of piperidine rings is 1. The number of methoxy groups -OCH3 is 1. The Morgan fingerprint density at radius 3 is 2.58 bits per heavy atom. The number of nitrogens with zero attached hydrogens (tertiary/aromatic N) is 1. The fraction of sp³-hybridized carbons (Fsp3) is 0.682. The van der Waals surface area contributed by atoms with Gasteiger partial charge in [-0.05, 0) is 75.7 Å². The highest BCUT2D eigenvalue weighted by Gasteiger charge is 2.45. The van der Waals surface area contributed by atoms with Gasteiger partial charge < -0.3 is 15.0 Å². The van der Waals surface area contributed by atoms with Gasteiger partial charge in [0.25, 0.3) is 0 Å². The van der Waals surface area contributed by atoms with Crippen molar-refractivity contribution in [1.29, 1.82) is 0 Å². The van der Waals surface area contributed by atoms with Crippen molar-refractivity contribution < 1.29 is 9.53 Å². The fourth-order valence-electron chi connectivity index (χ4n) is 4.80. The first-order valence-electron chi connectivity index (χ1n) is 10.2. The van der Waals surface area contributed by atoms with E-state index in [1.165, 1.54) is 6.42 Å². The quantitative estimate of drug-likeness (QED) is 0.844. The van der Waals surface area contributed by atoms with E-state index >= 15 is 0 Å². The zero-order valence-corrected chi connectivity index (χ0v) is 16.6. The molecular formula is C22H34N2O2. The lowest BCUT2D eigenvalue weighted by atomic mass is 9.76. The SMILES string of the molecule is CNCCC1CCN(C(=O)C2(c3ccc(C)c(OC)c3)CCCC2)CC1. The summed E-state index contributed by atoms with van der Waals surface area (Å²) in [5, 5.41) is 3.24. The Kier molecular flexibility index (Phi) is 6.23. The standard InChI is InChI=1S/C22H34N2O2/c1-17-6-7-19(16-20(17)26-3)22(11-4-5-12-22)21(25)24-14-9-18(10-15-24)8-13-23-2/h6-7,16,18,23H,4-5,8-15H2,1-3H3. The van der Waals surface area contributed by atoms with Crippen molar-refractivity contribution in [3.05, 3.63) is 29.3 Å². The smallest absolute Gasteiger partial charge is 0.233 e. The first-order valence-corrected chi connectivity index (χ1v) is 10.2. The predicted octanol–water partition coefficient (Wildman–Crippen LogP) is 3.66. The summed E-state index contributed by atoms with van der Waals surface area (Å²) < 4.78 is 5.54. The van der Waals surface area contributed by atoms with Crippen molar-refractivity contribution in [2.24, 2.45) is 5.92 Å². The summed E-state index contributed by atoms with van der Waals surface area (Å²) in [6.07, 6.45) is 7.72. The Labute approximate surface area is 158 Å². The molecule has 144 valence electrons. The normalized spacial score (nSPS) is 20.3.